The van der Waals surface area contributed by atoms with Gasteiger partial charge in [-0.15, -0.1) is 0 Å². The van der Waals surface area contributed by atoms with Crippen molar-refractivity contribution in [3.05, 3.63) is 364 Å². The highest BCUT2D eigenvalue weighted by Gasteiger charge is 2.21. The molecule has 462 valence electrons. The molecule has 98 heavy (non-hydrogen) atoms. The van der Waals surface area contributed by atoms with E-state index in [9.17, 15) is 0 Å². The molecule has 4 heteroatoms. The summed E-state index contributed by atoms with van der Waals surface area (Å²) in [7, 11) is 4.25. The molecule has 0 saturated heterocycles. The maximum Gasteiger partial charge on any atom is 0.0547 e. The van der Waals surface area contributed by atoms with Crippen LogP contribution in [0, 0.1) is 0 Å². The normalized spacial score (nSPS) is 11.6. The van der Waals surface area contributed by atoms with Crippen LogP contribution in [0.15, 0.2) is 364 Å². The molecule has 4 nitrogen and oxygen atoms in total. The van der Waals surface area contributed by atoms with Crippen molar-refractivity contribution < 1.29 is 0 Å². The van der Waals surface area contributed by atoms with E-state index in [-0.39, 0.29) is 0 Å². The fourth-order valence-electron chi connectivity index (χ4n) is 15.0. The van der Waals surface area contributed by atoms with E-state index >= 15 is 0 Å². The Morgan fingerprint density at radius 2 is 0.582 bits per heavy atom. The molecule has 0 fully saturated rings. The fraction of sp³-hybridized carbons (Fsp3) is 0.0213. The van der Waals surface area contributed by atoms with Crippen LogP contribution in [0.3, 0.4) is 0 Å². The summed E-state index contributed by atoms with van der Waals surface area (Å²) in [6.45, 7) is 0. The molecule has 0 spiro atoms. The summed E-state index contributed by atoms with van der Waals surface area (Å²) in [6.07, 6.45) is 0. The van der Waals surface area contributed by atoms with Crippen molar-refractivity contribution in [3.63, 3.8) is 0 Å². The Labute approximate surface area is 570 Å². The van der Waals surface area contributed by atoms with E-state index in [1.807, 2.05) is 0 Å². The minimum Gasteiger partial charge on any atom is -0.345 e. The molecular weight excluding hydrogens is 1190 g/mol. The third kappa shape index (κ3) is 10.3. The van der Waals surface area contributed by atoms with Crippen LogP contribution in [0.25, 0.3) is 154 Å². The Balaban J connectivity index is 0.754. The molecule has 0 atom stereocenters. The van der Waals surface area contributed by atoms with Gasteiger partial charge in [0.25, 0.3) is 0 Å². The third-order valence-corrected chi connectivity index (χ3v) is 20.1. The zero-order valence-electron chi connectivity index (χ0n) is 54.4. The number of anilines is 4. The van der Waals surface area contributed by atoms with Crippen LogP contribution in [0.4, 0.5) is 22.7 Å². The zero-order valence-corrected chi connectivity index (χ0v) is 54.4. The predicted octanol–water partition coefficient (Wildman–Crippen LogP) is 25.4. The van der Waals surface area contributed by atoms with Gasteiger partial charge < -0.3 is 18.9 Å². The summed E-state index contributed by atoms with van der Waals surface area (Å²) in [5.74, 6) is 0. The van der Waals surface area contributed by atoms with E-state index in [2.05, 4.69) is 397 Å². The highest BCUT2D eigenvalue weighted by molar-refractivity contribution is 6.22. The first-order chi connectivity index (χ1) is 48.4. The van der Waals surface area contributed by atoms with Crippen molar-refractivity contribution in [2.45, 2.75) is 0 Å². The molecule has 0 saturated carbocycles. The molecule has 0 amide bonds. The maximum absolute atomic E-state index is 2.48. The van der Waals surface area contributed by atoms with Gasteiger partial charge in [-0.05, 0) is 215 Å². The van der Waals surface area contributed by atoms with Gasteiger partial charge in [-0.2, -0.15) is 0 Å². The number of benzene rings is 16. The number of fused-ring (bicyclic) bond motifs is 9. The van der Waals surface area contributed by atoms with Gasteiger partial charge in [0.15, 0.2) is 0 Å². The smallest absolute Gasteiger partial charge is 0.0547 e. The molecule has 0 aliphatic heterocycles. The SMILES string of the molecule is CN(c1ccccc1)c1ccc(-c2ccc(-c3ccc4c5c6ccccc6ccc5n(-c5cccc(-c6cccc(-c7cc(-c8ccc(N(C)c9ccccc9)cc8)ccc7-c7ccc8c9cc%10ccccc%10cc9n(-c9cccc(-c%10ccccc%10)c9)c8c7)c6)c5)c4c3)cc2)cc1. The lowest BCUT2D eigenvalue weighted by molar-refractivity contribution is 1.18. The lowest BCUT2D eigenvalue weighted by Gasteiger charge is -2.20. The van der Waals surface area contributed by atoms with Gasteiger partial charge in [0.2, 0.25) is 0 Å². The van der Waals surface area contributed by atoms with E-state index < -0.39 is 0 Å². The molecule has 0 N–H and O–H groups in total. The van der Waals surface area contributed by atoms with Crippen LogP contribution < -0.4 is 9.80 Å². The Hall–Kier alpha value is -12.8. The quantitative estimate of drug-likeness (QED) is 0.114. The van der Waals surface area contributed by atoms with E-state index in [0.29, 0.717) is 0 Å². The van der Waals surface area contributed by atoms with Crippen LogP contribution in [0.1, 0.15) is 0 Å². The van der Waals surface area contributed by atoms with Gasteiger partial charge >= 0.3 is 0 Å². The van der Waals surface area contributed by atoms with Crippen LogP contribution in [0.2, 0.25) is 0 Å². The molecule has 0 aliphatic carbocycles. The average Bonchev–Trinajstić information content (AvgIpc) is 1.56. The Morgan fingerprint density at radius 1 is 0.194 bits per heavy atom. The second kappa shape index (κ2) is 24.2. The number of para-hydroxylation sites is 2. The minimum absolute atomic E-state index is 1.10. The number of nitrogens with zero attached hydrogens (tertiary/aromatic N) is 4. The van der Waals surface area contributed by atoms with Gasteiger partial charge in [-0.25, -0.2) is 0 Å². The van der Waals surface area contributed by atoms with Gasteiger partial charge in [-0.1, -0.05) is 249 Å². The Bertz CT molecular complexity index is 6050. The summed E-state index contributed by atoms with van der Waals surface area (Å²) in [5, 5.41) is 9.84. The molecule has 0 bridgehead atoms. The number of aromatic nitrogens is 2. The average molecular weight is 1250 g/mol. The Morgan fingerprint density at radius 3 is 1.22 bits per heavy atom. The van der Waals surface area contributed by atoms with Crippen molar-refractivity contribution in [2.24, 2.45) is 0 Å². The molecule has 2 heterocycles. The molecule has 0 radical (unpaired) electrons. The molecule has 16 aromatic carbocycles. The first-order valence-corrected chi connectivity index (χ1v) is 33.7. The zero-order chi connectivity index (χ0) is 65.2. The molecule has 2 aromatic heterocycles. The number of hydrogen-bond acceptors (Lipinski definition) is 2. The van der Waals surface area contributed by atoms with Crippen molar-refractivity contribution in [1.29, 1.82) is 0 Å². The largest absolute Gasteiger partial charge is 0.345 e. The number of hydrogen-bond donors (Lipinski definition) is 0. The summed E-state index contributed by atoms with van der Waals surface area (Å²) < 4.78 is 4.96. The van der Waals surface area contributed by atoms with Crippen LogP contribution in [-0.4, -0.2) is 23.2 Å². The summed E-state index contributed by atoms with van der Waals surface area (Å²) in [6, 6.07) is 134. The number of rotatable bonds is 13. The van der Waals surface area contributed by atoms with Crippen LogP contribution in [-0.2, 0) is 0 Å². The lowest BCUT2D eigenvalue weighted by atomic mass is 9.89. The second-order valence-electron chi connectivity index (χ2n) is 25.8. The maximum atomic E-state index is 2.48. The van der Waals surface area contributed by atoms with E-state index in [1.54, 1.807) is 0 Å². The first-order valence-electron chi connectivity index (χ1n) is 33.7. The monoisotopic (exact) mass is 1250 g/mol. The molecule has 18 rings (SSSR count). The Kier molecular flexibility index (Phi) is 14.3. The summed E-state index contributed by atoms with van der Waals surface area (Å²) >= 11 is 0. The minimum atomic E-state index is 1.10. The van der Waals surface area contributed by atoms with Crippen molar-refractivity contribution in [3.8, 4) is 89.3 Å². The molecule has 0 aliphatic rings. The summed E-state index contributed by atoms with van der Waals surface area (Å²) in [5.41, 5.74) is 27.7. The standard InChI is InChI=1S/C94H66N4/c1-95(78-28-8-4-9-29-78)80-47-39-65(40-48-80)64-35-37-66(38-36-64)75-44-53-87-92(61-75)97(90-54-46-68-21-14-15-34-85(68)94(87)90)82-32-18-26-71(57-82)69-24-16-27-76(55-69)88-58-74(67-41-49-81(50-42-67)96(2)79-30-10-5-11-31-79)43-51-84(88)77-45-52-86-89-59-72-22-12-13-23-73(72)60-93(89)98(91(86)62-77)83-33-17-25-70(56-83)63-19-6-3-7-20-63/h3-62H,1-2H3. The topological polar surface area (TPSA) is 16.3 Å². The first kappa shape index (κ1) is 57.9. The summed E-state index contributed by atoms with van der Waals surface area (Å²) in [4.78, 5) is 4.46. The highest BCUT2D eigenvalue weighted by Crippen LogP contribution is 2.45. The van der Waals surface area contributed by atoms with E-state index in [0.717, 1.165) is 89.7 Å². The predicted molar refractivity (Wildman–Crippen MR) is 417 cm³/mol. The van der Waals surface area contributed by atoms with Crippen molar-refractivity contribution in [2.75, 3.05) is 23.9 Å². The third-order valence-electron chi connectivity index (χ3n) is 20.1. The fourth-order valence-corrected chi connectivity index (χ4v) is 15.0. The highest BCUT2D eigenvalue weighted by atomic mass is 15.1. The van der Waals surface area contributed by atoms with Gasteiger partial charge in [0.05, 0.1) is 22.1 Å². The molecule has 18 aromatic rings. The van der Waals surface area contributed by atoms with Gasteiger partial charge in [-0.3, -0.25) is 0 Å². The van der Waals surface area contributed by atoms with E-state index in [1.165, 1.54) is 87.5 Å². The van der Waals surface area contributed by atoms with Crippen molar-refractivity contribution >= 4 is 87.9 Å². The van der Waals surface area contributed by atoms with Gasteiger partial charge in [0, 0.05) is 69.8 Å². The van der Waals surface area contributed by atoms with Crippen LogP contribution in [0.5, 0.6) is 0 Å². The van der Waals surface area contributed by atoms with Gasteiger partial charge in [0.1, 0.15) is 0 Å². The van der Waals surface area contributed by atoms with E-state index in [4.69, 9.17) is 0 Å². The van der Waals surface area contributed by atoms with Crippen LogP contribution >= 0.6 is 0 Å². The lowest BCUT2D eigenvalue weighted by Crippen LogP contribution is -2.08. The van der Waals surface area contributed by atoms with Crippen molar-refractivity contribution in [1.82, 2.24) is 9.13 Å². The molecule has 0 unspecified atom stereocenters. The molecular formula is C94H66N4. The second-order valence-corrected chi connectivity index (χ2v) is 25.8.